The van der Waals surface area contributed by atoms with Crippen LogP contribution in [0.3, 0.4) is 0 Å². The van der Waals surface area contributed by atoms with E-state index in [-0.39, 0.29) is 17.7 Å². The first-order valence-corrected chi connectivity index (χ1v) is 16.0. The van der Waals surface area contributed by atoms with Gasteiger partial charge < -0.3 is 25.4 Å². The van der Waals surface area contributed by atoms with Gasteiger partial charge in [0, 0.05) is 33.0 Å². The highest BCUT2D eigenvalue weighted by Gasteiger charge is 2.20. The maximum absolute atomic E-state index is 12.8. The molecule has 0 saturated heterocycles. The summed E-state index contributed by atoms with van der Waals surface area (Å²) in [6.07, 6.45) is 19.5. The summed E-state index contributed by atoms with van der Waals surface area (Å²) < 4.78 is 10.4. The number of methoxy groups -OCH3 is 1. The molecular formula is C31H61N3O5. The van der Waals surface area contributed by atoms with Crippen LogP contribution >= 0.6 is 0 Å². The van der Waals surface area contributed by atoms with Crippen molar-refractivity contribution in [3.05, 3.63) is 0 Å². The van der Waals surface area contributed by atoms with Crippen molar-refractivity contribution < 1.29 is 23.9 Å². The Morgan fingerprint density at radius 2 is 1.15 bits per heavy atom. The van der Waals surface area contributed by atoms with Gasteiger partial charge in [0.25, 0.3) is 0 Å². The number of carbonyl (C=O) groups excluding carboxylic acids is 3. The second-order valence-corrected chi connectivity index (χ2v) is 10.6. The minimum Gasteiger partial charge on any atom is -0.382 e. The van der Waals surface area contributed by atoms with Crippen LogP contribution in [0.25, 0.3) is 0 Å². The monoisotopic (exact) mass is 555 g/mol. The van der Waals surface area contributed by atoms with Gasteiger partial charge >= 0.3 is 0 Å². The fraction of sp³-hybridized carbons (Fsp3) is 0.903. The number of carbonyl (C=O) groups is 3. The number of unbranched alkanes of at least 4 members (excludes halogenated alkanes) is 13. The van der Waals surface area contributed by atoms with Gasteiger partial charge in [-0.25, -0.2) is 0 Å². The normalized spacial score (nSPS) is 11.8. The highest BCUT2D eigenvalue weighted by Crippen LogP contribution is 2.10. The maximum atomic E-state index is 12.8. The van der Waals surface area contributed by atoms with E-state index >= 15 is 0 Å². The molecule has 0 spiro atoms. The van der Waals surface area contributed by atoms with E-state index in [9.17, 15) is 14.4 Å². The molecule has 0 heterocycles. The van der Waals surface area contributed by atoms with Gasteiger partial charge in [0.05, 0.1) is 19.8 Å². The Balaban J connectivity index is 4.27. The second-order valence-electron chi connectivity index (χ2n) is 10.6. The first-order chi connectivity index (χ1) is 19.0. The van der Waals surface area contributed by atoms with Crippen molar-refractivity contribution in [2.45, 2.75) is 142 Å². The highest BCUT2D eigenvalue weighted by atomic mass is 16.5. The molecule has 1 atom stereocenters. The third-order valence-electron chi connectivity index (χ3n) is 6.89. The number of rotatable bonds is 29. The van der Waals surface area contributed by atoms with E-state index in [1.165, 1.54) is 57.8 Å². The fourth-order valence-corrected chi connectivity index (χ4v) is 4.42. The molecule has 39 heavy (non-hydrogen) atoms. The van der Waals surface area contributed by atoms with Crippen molar-refractivity contribution in [2.75, 3.05) is 40.0 Å². The van der Waals surface area contributed by atoms with Crippen molar-refractivity contribution in [1.29, 1.82) is 0 Å². The topological polar surface area (TPSA) is 106 Å². The van der Waals surface area contributed by atoms with Crippen LogP contribution in [0.5, 0.6) is 0 Å². The average Bonchev–Trinajstić information content (AvgIpc) is 2.93. The van der Waals surface area contributed by atoms with Gasteiger partial charge in [-0.1, -0.05) is 90.9 Å². The SMILES string of the molecule is CCCCCCCCCC(=O)NCCCC[C@H](NC(=O)CCCCCCCCC)C(=O)NCCOCCOC. The summed E-state index contributed by atoms with van der Waals surface area (Å²) in [6.45, 7) is 6.81. The molecule has 0 fully saturated rings. The molecule has 8 nitrogen and oxygen atoms in total. The first-order valence-electron chi connectivity index (χ1n) is 16.0. The molecule has 0 aromatic heterocycles. The summed E-state index contributed by atoms with van der Waals surface area (Å²) in [7, 11) is 1.62. The molecular weight excluding hydrogens is 494 g/mol. The Bertz CT molecular complexity index is 589. The smallest absolute Gasteiger partial charge is 0.242 e. The van der Waals surface area contributed by atoms with Crippen LogP contribution in [-0.2, 0) is 23.9 Å². The summed E-state index contributed by atoms with van der Waals surface area (Å²) in [4.78, 5) is 37.4. The van der Waals surface area contributed by atoms with E-state index in [0.29, 0.717) is 52.2 Å². The minimum absolute atomic E-state index is 0.0666. The Morgan fingerprint density at radius 3 is 1.74 bits per heavy atom. The number of nitrogens with one attached hydrogen (secondary N) is 3. The lowest BCUT2D eigenvalue weighted by Gasteiger charge is -2.19. The van der Waals surface area contributed by atoms with E-state index < -0.39 is 6.04 Å². The molecule has 0 unspecified atom stereocenters. The summed E-state index contributed by atoms with van der Waals surface area (Å²) in [6, 6.07) is -0.565. The van der Waals surface area contributed by atoms with Gasteiger partial charge in [0.15, 0.2) is 0 Å². The van der Waals surface area contributed by atoms with Crippen LogP contribution in [0, 0.1) is 0 Å². The van der Waals surface area contributed by atoms with Gasteiger partial charge in [0.2, 0.25) is 17.7 Å². The zero-order valence-corrected chi connectivity index (χ0v) is 25.6. The lowest BCUT2D eigenvalue weighted by Crippen LogP contribution is -2.47. The lowest BCUT2D eigenvalue weighted by atomic mass is 10.1. The predicted molar refractivity (Wildman–Crippen MR) is 160 cm³/mol. The zero-order chi connectivity index (χ0) is 28.8. The van der Waals surface area contributed by atoms with E-state index in [2.05, 4.69) is 29.8 Å². The molecule has 0 aromatic rings. The third kappa shape index (κ3) is 26.3. The summed E-state index contributed by atoms with van der Waals surface area (Å²) in [5, 5.41) is 8.81. The van der Waals surface area contributed by atoms with Crippen LogP contribution in [0.4, 0.5) is 0 Å². The molecule has 0 aliphatic carbocycles. The van der Waals surface area contributed by atoms with Crippen molar-refractivity contribution in [1.82, 2.24) is 16.0 Å². The maximum Gasteiger partial charge on any atom is 0.242 e. The predicted octanol–water partition coefficient (Wildman–Crippen LogP) is 5.82. The van der Waals surface area contributed by atoms with Gasteiger partial charge in [-0.05, 0) is 32.1 Å². The Morgan fingerprint density at radius 1 is 0.590 bits per heavy atom. The molecule has 3 N–H and O–H groups in total. The largest absolute Gasteiger partial charge is 0.382 e. The molecule has 0 bridgehead atoms. The average molecular weight is 556 g/mol. The molecule has 230 valence electrons. The highest BCUT2D eigenvalue weighted by molar-refractivity contribution is 5.87. The quantitative estimate of drug-likeness (QED) is 0.101. The van der Waals surface area contributed by atoms with Crippen molar-refractivity contribution in [3.63, 3.8) is 0 Å². The number of ether oxygens (including phenoxy) is 2. The minimum atomic E-state index is -0.565. The van der Waals surface area contributed by atoms with E-state index in [4.69, 9.17) is 9.47 Å². The van der Waals surface area contributed by atoms with Crippen LogP contribution in [-0.4, -0.2) is 63.8 Å². The lowest BCUT2D eigenvalue weighted by molar-refractivity contribution is -0.129. The molecule has 0 aliphatic rings. The zero-order valence-electron chi connectivity index (χ0n) is 25.6. The van der Waals surface area contributed by atoms with E-state index in [0.717, 1.165) is 44.9 Å². The molecule has 8 heteroatoms. The molecule has 3 amide bonds. The fourth-order valence-electron chi connectivity index (χ4n) is 4.42. The first kappa shape index (κ1) is 37.3. The standard InChI is InChI=1S/C31H61N3O5/c1-4-6-8-10-12-14-16-21-29(35)32-23-19-18-20-28(31(37)33-24-25-39-27-26-38-3)34-30(36)22-17-15-13-11-9-7-5-2/h28H,4-27H2,1-3H3,(H,32,35)(H,33,37)(H,34,36)/t28-/m0/s1. The van der Waals surface area contributed by atoms with Crippen LogP contribution in [0.15, 0.2) is 0 Å². The van der Waals surface area contributed by atoms with E-state index in [1.807, 2.05) is 0 Å². The van der Waals surface area contributed by atoms with Crippen molar-refractivity contribution >= 4 is 17.7 Å². The number of hydrogen-bond donors (Lipinski definition) is 3. The van der Waals surface area contributed by atoms with Crippen LogP contribution < -0.4 is 16.0 Å². The Kier molecular flexibility index (Phi) is 28.1. The van der Waals surface area contributed by atoms with Crippen molar-refractivity contribution in [2.24, 2.45) is 0 Å². The Labute approximate surface area is 239 Å². The third-order valence-corrected chi connectivity index (χ3v) is 6.89. The van der Waals surface area contributed by atoms with Gasteiger partial charge in [-0.3, -0.25) is 14.4 Å². The van der Waals surface area contributed by atoms with Crippen molar-refractivity contribution in [3.8, 4) is 0 Å². The van der Waals surface area contributed by atoms with Gasteiger partial charge in [0.1, 0.15) is 6.04 Å². The number of hydrogen-bond acceptors (Lipinski definition) is 5. The summed E-state index contributed by atoms with van der Waals surface area (Å²) >= 11 is 0. The molecule has 0 rings (SSSR count). The second kappa shape index (κ2) is 29.3. The summed E-state index contributed by atoms with van der Waals surface area (Å²) in [5.74, 6) is -0.140. The molecule has 0 aromatic carbocycles. The van der Waals surface area contributed by atoms with Crippen LogP contribution in [0.2, 0.25) is 0 Å². The van der Waals surface area contributed by atoms with Gasteiger partial charge in [-0.2, -0.15) is 0 Å². The van der Waals surface area contributed by atoms with E-state index in [1.54, 1.807) is 7.11 Å². The summed E-state index contributed by atoms with van der Waals surface area (Å²) in [5.41, 5.74) is 0. The molecule has 0 radical (unpaired) electrons. The van der Waals surface area contributed by atoms with Crippen LogP contribution in [0.1, 0.15) is 136 Å². The van der Waals surface area contributed by atoms with Gasteiger partial charge in [-0.15, -0.1) is 0 Å². The molecule has 0 saturated carbocycles. The Hall–Kier alpha value is -1.67. The number of amides is 3. The molecule has 0 aliphatic heterocycles.